The number of hydrogen-bond acceptors (Lipinski definition) is 13. The van der Waals surface area contributed by atoms with Crippen molar-refractivity contribution in [1.82, 2.24) is 4.57 Å². The van der Waals surface area contributed by atoms with Crippen LogP contribution < -0.4 is 9.67 Å². The average molecular weight is 1890 g/mol. The zero-order valence-electron chi connectivity index (χ0n) is 63.1. The van der Waals surface area contributed by atoms with Gasteiger partial charge in [0.15, 0.2) is 14.3 Å². The fraction of sp³-hybridized carbons (Fsp3) is 0.532. The van der Waals surface area contributed by atoms with Crippen LogP contribution in [0.4, 0.5) is 26.3 Å². The van der Waals surface area contributed by atoms with Gasteiger partial charge < -0.3 is 29.0 Å². The van der Waals surface area contributed by atoms with Crippen molar-refractivity contribution in [3.05, 3.63) is 156 Å². The standard InChI is InChI=1S/C20H29F3O7S.C18H13S.C12H22O2.C11H16O.C10H19N2.C8H3F3I3NO3S/c1-4-17(2,3)15(24)30-19-8-12-5-13(9-19)7-18(6-12,11-19)16(25)29-14(20(21,22)23)10-31(26,27)28;1-2-8-14(9-3-1)19-17-12-6-4-10-15(17)16-11-5-7-13-18(16)19;1-5-11(2,3)10(13)14-12(4)8-6-7-9-12;1-4-11(2,3)9-6-5-7-10(12)8-9;1-5-10(3,4)12-8-7-11(6-2)9-12;9-8(10,11)19(17,18)15-7(16)4-1-3(12)2-5(13)6(4)14/h12-14H,4-11H2,1-3H3,(H,26,27,28);1-13H;5-9H2,1-4H3;5-8,12H,4H2,1-3H3;7-9H,5-6H2,1-4H3;1-2H,(H,15,16)/q;+1;;;+1;/p-2. The van der Waals surface area contributed by atoms with E-state index in [0.29, 0.717) is 48.6 Å². The number of alkyl halides is 6. The maximum Gasteiger partial charge on any atom is 0.518 e. The molecule has 0 amide bonds. The average Bonchev–Trinajstić information content (AvgIpc) is 1.41. The van der Waals surface area contributed by atoms with Crippen LogP contribution in [0.15, 0.2) is 138 Å². The van der Waals surface area contributed by atoms with E-state index in [2.05, 4.69) is 177 Å². The Balaban J connectivity index is 0.000000209. The number of halogens is 9. The van der Waals surface area contributed by atoms with Crippen molar-refractivity contribution in [1.29, 1.82) is 0 Å². The van der Waals surface area contributed by atoms with Crippen LogP contribution in [-0.2, 0) is 66.2 Å². The molecule has 590 valence electrons. The molecular weight excluding hydrogens is 1790 g/mol. The number of aromatic hydroxyl groups is 1. The highest BCUT2D eigenvalue weighted by atomic mass is 127. The van der Waals surface area contributed by atoms with Crippen molar-refractivity contribution in [3.8, 4) is 10.6 Å². The second-order valence-electron chi connectivity index (χ2n) is 30.8. The van der Waals surface area contributed by atoms with Crippen LogP contribution >= 0.6 is 78.2 Å². The number of thiophene rings is 1. The Labute approximate surface area is 670 Å². The second-order valence-corrected chi connectivity index (χ2v) is 39.3. The molecule has 2 heterocycles. The Bertz CT molecular complexity index is 4410. The first kappa shape index (κ1) is 90.7. The van der Waals surface area contributed by atoms with E-state index < -0.39 is 78.0 Å². The molecule has 16 nitrogen and oxygen atoms in total. The molecule has 5 aliphatic carbocycles. The van der Waals surface area contributed by atoms with E-state index in [1.807, 2.05) is 85.0 Å². The van der Waals surface area contributed by atoms with Crippen LogP contribution in [0.3, 0.4) is 0 Å². The molecule has 5 aliphatic rings. The fourth-order valence-electron chi connectivity index (χ4n) is 13.2. The van der Waals surface area contributed by atoms with E-state index in [1.54, 1.807) is 48.6 Å². The van der Waals surface area contributed by atoms with Crippen molar-refractivity contribution in [2.75, 3.05) is 5.75 Å². The second kappa shape index (κ2) is 36.5. The number of rotatable bonds is 18. The van der Waals surface area contributed by atoms with Gasteiger partial charge in [0.25, 0.3) is 0 Å². The number of imidazole rings is 1. The third kappa shape index (κ3) is 24.2. The number of fused-ring (bicyclic) bond motifs is 3. The molecule has 4 bridgehead atoms. The van der Waals surface area contributed by atoms with Gasteiger partial charge in [-0.25, -0.2) is 17.6 Å². The van der Waals surface area contributed by atoms with E-state index in [9.17, 15) is 72.3 Å². The lowest BCUT2D eigenvalue weighted by Gasteiger charge is -2.60. The van der Waals surface area contributed by atoms with Crippen LogP contribution in [0.2, 0.25) is 0 Å². The van der Waals surface area contributed by atoms with Crippen molar-refractivity contribution in [2.24, 2.45) is 32.5 Å². The highest BCUT2D eigenvalue weighted by Gasteiger charge is 2.64. The maximum atomic E-state index is 13.3. The van der Waals surface area contributed by atoms with Crippen LogP contribution in [0.25, 0.3) is 25.1 Å². The van der Waals surface area contributed by atoms with Gasteiger partial charge in [0, 0.05) is 49.8 Å². The SMILES string of the molecule is CCC(C)(C)C(=O)OC1(C)CCCC1.CCC(C)(C)C(=O)OC12CC3CC(C1)CC(C(=O)OC(CS(=O)(=O)[O-])C(F)(F)F)(C3)C2.CCC(C)(C)c1cccc(O)c1.CC[n+]1ccn(C(C)(C)CC)c1.O=S(=O)(N=C([O-])c1cc(I)cc(I)c1I)C(F)(F)F.c1ccc(-[s+]2c3ccccc3c3ccccc32)cc1. The predicted octanol–water partition coefficient (Wildman–Crippen LogP) is 19.8. The summed E-state index contributed by atoms with van der Waals surface area (Å²) >= 11 is 5.49. The summed E-state index contributed by atoms with van der Waals surface area (Å²) in [7, 11) is -11.0. The number of phenols is 1. The molecule has 0 radical (unpaired) electrons. The first-order chi connectivity index (χ1) is 49.4. The molecule has 0 spiro atoms. The van der Waals surface area contributed by atoms with Gasteiger partial charge in [0.05, 0.1) is 38.7 Å². The Morgan fingerprint density at radius 2 is 1.22 bits per heavy atom. The van der Waals surface area contributed by atoms with Crippen LogP contribution in [0, 0.1) is 38.8 Å². The summed E-state index contributed by atoms with van der Waals surface area (Å²) in [5.74, 6) is -4.56. The summed E-state index contributed by atoms with van der Waals surface area (Å²) < 4.78 is 158. The number of carbonyl (C=O) groups excluding carboxylic acids is 3. The number of benzene rings is 5. The Kier molecular flexibility index (Phi) is 31.0. The van der Waals surface area contributed by atoms with Gasteiger partial charge in [-0.1, -0.05) is 96.1 Å². The third-order valence-electron chi connectivity index (χ3n) is 20.9. The molecule has 1 N–H and O–H groups in total. The minimum atomic E-state index is -5.82. The lowest BCUT2D eigenvalue weighted by molar-refractivity contribution is -0.693. The monoisotopic (exact) mass is 1890 g/mol. The Morgan fingerprint density at radius 1 is 0.701 bits per heavy atom. The fourth-order valence-corrected chi connectivity index (χ4v) is 19.1. The molecule has 12 rings (SSSR count). The molecule has 28 heteroatoms. The number of hydrogen-bond donors (Lipinski definition) is 1. The third-order valence-corrected chi connectivity index (χ3v) is 28.6. The molecule has 7 aromatic rings. The number of phenolic OH excluding ortho intramolecular Hbond substituents is 1. The quantitative estimate of drug-likeness (QED) is 0.00805. The van der Waals surface area contributed by atoms with Gasteiger partial charge in [-0.3, -0.25) is 14.4 Å². The molecule has 3 atom stereocenters. The molecule has 0 aliphatic heterocycles. The molecule has 0 saturated heterocycles. The van der Waals surface area contributed by atoms with Gasteiger partial charge in [0.1, 0.15) is 34.9 Å². The summed E-state index contributed by atoms with van der Waals surface area (Å²) in [5, 5.41) is 23.6. The molecule has 5 fully saturated rings. The largest absolute Gasteiger partial charge is 0.858 e. The molecule has 107 heavy (non-hydrogen) atoms. The summed E-state index contributed by atoms with van der Waals surface area (Å²) in [6.07, 6.45) is 8.80. The van der Waals surface area contributed by atoms with Crippen LogP contribution in [0.5, 0.6) is 5.75 Å². The lowest BCUT2D eigenvalue weighted by Crippen LogP contribution is -2.61. The topological polar surface area (TPSA) is 235 Å². The molecular formula is C79H100F6I3N3O13S3. The van der Waals surface area contributed by atoms with Gasteiger partial charge >= 0.3 is 39.6 Å². The van der Waals surface area contributed by atoms with Crippen molar-refractivity contribution in [2.45, 2.75) is 233 Å². The summed E-state index contributed by atoms with van der Waals surface area (Å²) in [6, 6.07) is 38.9. The van der Waals surface area contributed by atoms with Crippen molar-refractivity contribution < 1.29 is 91.1 Å². The Hall–Kier alpha value is -5.16. The summed E-state index contributed by atoms with van der Waals surface area (Å²) in [6.45, 7) is 29.8. The summed E-state index contributed by atoms with van der Waals surface area (Å²) in [5.41, 5.74) is -7.60. The molecule has 3 unspecified atom stereocenters. The van der Waals surface area contributed by atoms with Crippen LogP contribution in [0.1, 0.15) is 198 Å². The number of sulfonamides is 1. The zero-order chi connectivity index (χ0) is 80.3. The number of carbonyl (C=O) groups is 3. The van der Waals surface area contributed by atoms with E-state index in [0.717, 1.165) is 45.1 Å². The van der Waals surface area contributed by atoms with Crippen molar-refractivity contribution >= 4 is 142 Å². The number of ether oxygens (including phenoxy) is 3. The summed E-state index contributed by atoms with van der Waals surface area (Å²) in [4.78, 5) is 38.9. The molecule has 5 saturated carbocycles. The zero-order valence-corrected chi connectivity index (χ0v) is 72.0. The first-order valence-corrected chi connectivity index (χ1v) is 43.2. The van der Waals surface area contributed by atoms with E-state index >= 15 is 0 Å². The van der Waals surface area contributed by atoms with Gasteiger partial charge in [-0.05, 0) is 290 Å². The first-order valence-electron chi connectivity index (χ1n) is 35.7. The predicted molar refractivity (Wildman–Crippen MR) is 430 cm³/mol. The van der Waals surface area contributed by atoms with Gasteiger partial charge in [-0.2, -0.15) is 39.2 Å². The minimum absolute atomic E-state index is 0.00100. The number of esters is 3. The number of nitrogens with zero attached hydrogens (tertiary/aromatic N) is 3. The van der Waals surface area contributed by atoms with E-state index in [4.69, 9.17) is 9.47 Å². The van der Waals surface area contributed by atoms with Gasteiger partial charge in [0.2, 0.25) is 12.4 Å². The maximum absolute atomic E-state index is 13.3. The Morgan fingerprint density at radius 3 is 1.69 bits per heavy atom. The smallest absolute Gasteiger partial charge is 0.518 e. The lowest BCUT2D eigenvalue weighted by atomic mass is 9.48. The number of aromatic nitrogens is 2. The van der Waals surface area contributed by atoms with E-state index in [1.165, 1.54) is 49.5 Å². The van der Waals surface area contributed by atoms with Gasteiger partial charge in [-0.15, -0.1) is 0 Å². The van der Waals surface area contributed by atoms with E-state index in [-0.39, 0.29) is 62.2 Å². The van der Waals surface area contributed by atoms with Crippen LogP contribution in [-0.4, -0.2) is 89.6 Å². The highest BCUT2D eigenvalue weighted by Crippen LogP contribution is 2.64. The highest BCUT2D eigenvalue weighted by molar-refractivity contribution is 14.1. The minimum Gasteiger partial charge on any atom is -0.858 e. The van der Waals surface area contributed by atoms with Crippen molar-refractivity contribution in [3.63, 3.8) is 0 Å². The number of aryl methyl sites for hydroxylation is 1. The normalized spacial score (nSPS) is 19.6. The molecule has 2 aromatic heterocycles. The molecule has 5 aromatic carbocycles.